The van der Waals surface area contributed by atoms with Crippen molar-refractivity contribution in [3.63, 3.8) is 0 Å². The van der Waals surface area contributed by atoms with Gasteiger partial charge in [-0.05, 0) is 16.7 Å². The lowest BCUT2D eigenvalue weighted by Crippen LogP contribution is -2.46. The van der Waals surface area contributed by atoms with Gasteiger partial charge in [-0.15, -0.1) is 0 Å². The van der Waals surface area contributed by atoms with Gasteiger partial charge in [0.2, 0.25) is 11.8 Å². The van der Waals surface area contributed by atoms with E-state index in [0.29, 0.717) is 13.0 Å². The zero-order valence-electron chi connectivity index (χ0n) is 13.4. The molecule has 2 aromatic carbocycles. The third-order valence-electron chi connectivity index (χ3n) is 4.19. The van der Waals surface area contributed by atoms with Crippen LogP contribution >= 0.6 is 0 Å². The van der Waals surface area contributed by atoms with Gasteiger partial charge in [0.15, 0.2) is 0 Å². The van der Waals surface area contributed by atoms with Gasteiger partial charge in [-0.3, -0.25) is 9.59 Å². The van der Waals surface area contributed by atoms with Crippen LogP contribution in [0.25, 0.3) is 0 Å². The van der Waals surface area contributed by atoms with Crippen LogP contribution in [0.1, 0.15) is 22.7 Å². The van der Waals surface area contributed by atoms with E-state index in [-0.39, 0.29) is 11.8 Å². The van der Waals surface area contributed by atoms with Gasteiger partial charge in [0.25, 0.3) is 0 Å². The summed E-state index contributed by atoms with van der Waals surface area (Å²) < 4.78 is 0. The Morgan fingerprint density at radius 3 is 2.43 bits per heavy atom. The fourth-order valence-electron chi connectivity index (χ4n) is 3.01. The average molecular weight is 308 g/mol. The third-order valence-corrected chi connectivity index (χ3v) is 4.19. The van der Waals surface area contributed by atoms with Crippen LogP contribution in [0.3, 0.4) is 0 Å². The van der Waals surface area contributed by atoms with Crippen molar-refractivity contribution in [1.29, 1.82) is 0 Å². The van der Waals surface area contributed by atoms with E-state index < -0.39 is 6.04 Å². The normalized spacial score (nSPS) is 16.9. The smallest absolute Gasteiger partial charge is 0.249 e. The summed E-state index contributed by atoms with van der Waals surface area (Å²) >= 11 is 0. The van der Waals surface area contributed by atoms with Crippen molar-refractivity contribution in [3.05, 3.63) is 71.3 Å². The van der Waals surface area contributed by atoms with Crippen molar-refractivity contribution in [2.24, 2.45) is 0 Å². The Labute approximate surface area is 136 Å². The molecule has 118 valence electrons. The monoisotopic (exact) mass is 308 g/mol. The SMILES string of the molecule is CN(C)C(=O)[C@@H]1c2ccccc2CC(=O)N1Cc1ccccc1. The highest BCUT2D eigenvalue weighted by Crippen LogP contribution is 2.32. The minimum atomic E-state index is -0.553. The van der Waals surface area contributed by atoms with Crippen molar-refractivity contribution in [3.8, 4) is 0 Å². The molecule has 0 spiro atoms. The summed E-state index contributed by atoms with van der Waals surface area (Å²) in [7, 11) is 3.45. The van der Waals surface area contributed by atoms with Crippen LogP contribution in [0.5, 0.6) is 0 Å². The van der Waals surface area contributed by atoms with Crippen molar-refractivity contribution >= 4 is 11.8 Å². The lowest BCUT2D eigenvalue weighted by atomic mass is 9.91. The first kappa shape index (κ1) is 15.3. The molecule has 0 N–H and O–H groups in total. The number of nitrogens with zero attached hydrogens (tertiary/aromatic N) is 2. The molecule has 0 radical (unpaired) electrons. The number of amides is 2. The second-order valence-corrected chi connectivity index (χ2v) is 6.02. The molecule has 0 unspecified atom stereocenters. The minimum absolute atomic E-state index is 0.00671. The molecule has 2 amide bonds. The molecule has 4 heteroatoms. The van der Waals surface area contributed by atoms with Gasteiger partial charge in [-0.2, -0.15) is 0 Å². The van der Waals surface area contributed by atoms with Gasteiger partial charge in [0.05, 0.1) is 6.42 Å². The van der Waals surface area contributed by atoms with E-state index in [9.17, 15) is 9.59 Å². The van der Waals surface area contributed by atoms with Crippen LogP contribution < -0.4 is 0 Å². The third kappa shape index (κ3) is 2.97. The number of likely N-dealkylation sites (N-methyl/N-ethyl adjacent to an activating group) is 1. The molecule has 2 aromatic rings. The first-order valence-electron chi connectivity index (χ1n) is 7.70. The number of benzene rings is 2. The molecular weight excluding hydrogens is 288 g/mol. The fourth-order valence-corrected chi connectivity index (χ4v) is 3.01. The summed E-state index contributed by atoms with van der Waals surface area (Å²) in [6.07, 6.45) is 0.347. The van der Waals surface area contributed by atoms with Crippen molar-refractivity contribution in [2.75, 3.05) is 14.1 Å². The Morgan fingerprint density at radius 2 is 1.74 bits per heavy atom. The Morgan fingerprint density at radius 1 is 1.09 bits per heavy atom. The van der Waals surface area contributed by atoms with Crippen LogP contribution in [0.4, 0.5) is 0 Å². The van der Waals surface area contributed by atoms with E-state index in [1.807, 2.05) is 54.6 Å². The Bertz CT molecular complexity index is 725. The summed E-state index contributed by atoms with van der Waals surface area (Å²) in [5.74, 6) is -0.0748. The Kier molecular flexibility index (Phi) is 4.15. The molecule has 0 aromatic heterocycles. The molecule has 1 atom stereocenters. The maximum atomic E-state index is 12.7. The summed E-state index contributed by atoms with van der Waals surface area (Å²) in [5, 5.41) is 0. The van der Waals surface area contributed by atoms with Gasteiger partial charge < -0.3 is 9.80 Å². The van der Waals surface area contributed by atoms with Crippen LogP contribution in [0, 0.1) is 0 Å². The molecule has 1 aliphatic rings. The Balaban J connectivity index is 2.02. The maximum absolute atomic E-state index is 12.7. The lowest BCUT2D eigenvalue weighted by Gasteiger charge is -2.37. The lowest BCUT2D eigenvalue weighted by molar-refractivity contribution is -0.146. The zero-order chi connectivity index (χ0) is 16.4. The standard InChI is InChI=1S/C19H20N2O2/c1-20(2)19(23)18-16-11-7-6-10-15(16)12-17(22)21(18)13-14-8-4-3-5-9-14/h3-11,18H,12-13H2,1-2H3/t18-/m0/s1. The van der Waals surface area contributed by atoms with Crippen molar-refractivity contribution in [1.82, 2.24) is 9.80 Å². The highest BCUT2D eigenvalue weighted by atomic mass is 16.2. The summed E-state index contributed by atoms with van der Waals surface area (Å²) in [6.45, 7) is 0.443. The van der Waals surface area contributed by atoms with Crippen LogP contribution in [0.2, 0.25) is 0 Å². The topological polar surface area (TPSA) is 40.6 Å². The van der Waals surface area contributed by atoms with E-state index in [1.54, 1.807) is 23.9 Å². The number of hydrogen-bond donors (Lipinski definition) is 0. The molecule has 23 heavy (non-hydrogen) atoms. The summed E-state index contributed by atoms with van der Waals surface area (Å²) in [4.78, 5) is 28.6. The fraction of sp³-hybridized carbons (Fsp3) is 0.263. The van der Waals surface area contributed by atoms with Gasteiger partial charge in [0.1, 0.15) is 6.04 Å². The molecule has 0 saturated carbocycles. The number of carbonyl (C=O) groups excluding carboxylic acids is 2. The van der Waals surface area contributed by atoms with Gasteiger partial charge in [-0.1, -0.05) is 54.6 Å². The maximum Gasteiger partial charge on any atom is 0.249 e. The molecule has 1 heterocycles. The van der Waals surface area contributed by atoms with Crippen LogP contribution in [-0.4, -0.2) is 35.7 Å². The van der Waals surface area contributed by atoms with E-state index in [1.165, 1.54) is 0 Å². The molecule has 0 fully saturated rings. The van der Waals surface area contributed by atoms with Crippen molar-refractivity contribution in [2.45, 2.75) is 19.0 Å². The number of hydrogen-bond acceptors (Lipinski definition) is 2. The number of carbonyl (C=O) groups is 2. The first-order chi connectivity index (χ1) is 11.1. The summed E-state index contributed by atoms with van der Waals surface area (Å²) in [6, 6.07) is 17.0. The molecule has 0 bridgehead atoms. The van der Waals surface area contributed by atoms with Crippen LogP contribution in [0.15, 0.2) is 54.6 Å². The molecule has 3 rings (SSSR count). The van der Waals surface area contributed by atoms with Gasteiger partial charge in [0, 0.05) is 20.6 Å². The number of rotatable bonds is 3. The number of fused-ring (bicyclic) bond motifs is 1. The minimum Gasteiger partial charge on any atom is -0.347 e. The predicted molar refractivity (Wildman–Crippen MR) is 88.6 cm³/mol. The zero-order valence-corrected chi connectivity index (χ0v) is 13.4. The van der Waals surface area contributed by atoms with Gasteiger partial charge in [-0.25, -0.2) is 0 Å². The largest absolute Gasteiger partial charge is 0.347 e. The van der Waals surface area contributed by atoms with E-state index in [0.717, 1.165) is 16.7 Å². The molecule has 0 aliphatic carbocycles. The first-order valence-corrected chi connectivity index (χ1v) is 7.70. The molecule has 1 aliphatic heterocycles. The molecule has 0 saturated heterocycles. The van der Waals surface area contributed by atoms with E-state index in [4.69, 9.17) is 0 Å². The van der Waals surface area contributed by atoms with Crippen LogP contribution in [-0.2, 0) is 22.6 Å². The van der Waals surface area contributed by atoms with E-state index in [2.05, 4.69) is 0 Å². The quantitative estimate of drug-likeness (QED) is 0.873. The summed E-state index contributed by atoms with van der Waals surface area (Å²) in [5.41, 5.74) is 2.90. The molecule has 4 nitrogen and oxygen atoms in total. The predicted octanol–water partition coefficient (Wildman–Crippen LogP) is 2.40. The highest BCUT2D eigenvalue weighted by molar-refractivity contribution is 5.92. The van der Waals surface area contributed by atoms with Crippen molar-refractivity contribution < 1.29 is 9.59 Å². The second-order valence-electron chi connectivity index (χ2n) is 6.02. The van der Waals surface area contributed by atoms with Gasteiger partial charge >= 0.3 is 0 Å². The highest BCUT2D eigenvalue weighted by Gasteiger charge is 2.37. The van der Waals surface area contributed by atoms with E-state index >= 15 is 0 Å². The average Bonchev–Trinajstić information content (AvgIpc) is 2.56. The molecular formula is C19H20N2O2. The second kappa shape index (κ2) is 6.24. The Hall–Kier alpha value is -2.62.